The smallest absolute Gasteiger partial charge is 0.341 e. The number of hydrogen-bond acceptors (Lipinski definition) is 8. The lowest BCUT2D eigenvalue weighted by Gasteiger charge is -2.18. The summed E-state index contributed by atoms with van der Waals surface area (Å²) in [6.07, 6.45) is 2.46. The number of fused-ring (bicyclic) bond motifs is 1. The van der Waals surface area contributed by atoms with Crippen LogP contribution in [0.5, 0.6) is 5.75 Å². The van der Waals surface area contributed by atoms with Crippen molar-refractivity contribution >= 4 is 40.0 Å². The van der Waals surface area contributed by atoms with Crippen molar-refractivity contribution in [1.82, 2.24) is 14.8 Å². The van der Waals surface area contributed by atoms with Gasteiger partial charge in [0.05, 0.1) is 18.4 Å². The maximum absolute atomic E-state index is 12.8. The highest BCUT2D eigenvalue weighted by molar-refractivity contribution is 7.99. The van der Waals surface area contributed by atoms with E-state index in [0.717, 1.165) is 41.0 Å². The van der Waals surface area contributed by atoms with Crippen LogP contribution in [-0.4, -0.2) is 39.5 Å². The molecule has 4 rings (SSSR count). The summed E-state index contributed by atoms with van der Waals surface area (Å²) in [5, 5.41) is 12.7. The van der Waals surface area contributed by atoms with Gasteiger partial charge in [-0.25, -0.2) is 4.79 Å². The SMILES string of the molecule is COC(=O)c1c(NC(=O)CSc2nnc(C(C)Oc3ccc(C)c(C)c3)n2C)sc2c1CCC(C)C2. The molecule has 1 aromatic carbocycles. The third-order valence-electron chi connectivity index (χ3n) is 6.51. The summed E-state index contributed by atoms with van der Waals surface area (Å²) in [5.41, 5.74) is 3.89. The summed E-state index contributed by atoms with van der Waals surface area (Å²) in [6.45, 7) is 8.25. The zero-order valence-corrected chi connectivity index (χ0v) is 23.1. The number of benzene rings is 1. The largest absolute Gasteiger partial charge is 0.483 e. The minimum atomic E-state index is -0.402. The zero-order valence-electron chi connectivity index (χ0n) is 21.5. The van der Waals surface area contributed by atoms with Gasteiger partial charge in [-0.1, -0.05) is 24.8 Å². The van der Waals surface area contributed by atoms with Crippen LogP contribution in [0.1, 0.15) is 64.1 Å². The van der Waals surface area contributed by atoms with E-state index in [1.54, 1.807) is 0 Å². The molecule has 1 N–H and O–H groups in total. The van der Waals surface area contributed by atoms with Gasteiger partial charge < -0.3 is 19.4 Å². The fraction of sp³-hybridized carbons (Fsp3) is 0.462. The third kappa shape index (κ3) is 5.59. The van der Waals surface area contributed by atoms with E-state index < -0.39 is 5.97 Å². The van der Waals surface area contributed by atoms with Gasteiger partial charge in [-0.2, -0.15) is 0 Å². The van der Waals surface area contributed by atoms with E-state index in [4.69, 9.17) is 9.47 Å². The summed E-state index contributed by atoms with van der Waals surface area (Å²) in [7, 11) is 3.23. The number of hydrogen-bond donors (Lipinski definition) is 1. The van der Waals surface area contributed by atoms with Gasteiger partial charge in [0, 0.05) is 11.9 Å². The van der Waals surface area contributed by atoms with Crippen LogP contribution in [0.3, 0.4) is 0 Å². The van der Waals surface area contributed by atoms with Crippen LogP contribution in [0.2, 0.25) is 0 Å². The van der Waals surface area contributed by atoms with Crippen LogP contribution in [0.15, 0.2) is 23.4 Å². The number of aromatic nitrogens is 3. The molecule has 0 spiro atoms. The molecule has 0 fully saturated rings. The van der Waals surface area contributed by atoms with Crippen molar-refractivity contribution in [3.05, 3.63) is 51.2 Å². The Morgan fingerprint density at radius 1 is 1.28 bits per heavy atom. The lowest BCUT2D eigenvalue weighted by Crippen LogP contribution is -2.17. The monoisotopic (exact) mass is 528 g/mol. The molecule has 8 nitrogen and oxygen atoms in total. The number of nitrogens with one attached hydrogen (secondary N) is 1. The quantitative estimate of drug-likeness (QED) is 0.314. The molecule has 2 aromatic heterocycles. The van der Waals surface area contributed by atoms with Crippen molar-refractivity contribution in [2.24, 2.45) is 13.0 Å². The minimum Gasteiger partial charge on any atom is -0.483 e. The molecule has 0 bridgehead atoms. The highest BCUT2D eigenvalue weighted by Gasteiger charge is 2.29. The summed E-state index contributed by atoms with van der Waals surface area (Å²) < 4.78 is 12.9. The molecule has 2 heterocycles. The fourth-order valence-electron chi connectivity index (χ4n) is 4.30. The van der Waals surface area contributed by atoms with E-state index in [1.807, 2.05) is 36.7 Å². The van der Waals surface area contributed by atoms with Crippen LogP contribution in [0.4, 0.5) is 5.00 Å². The molecule has 3 aromatic rings. The molecule has 2 atom stereocenters. The Morgan fingerprint density at radius 2 is 2.06 bits per heavy atom. The van der Waals surface area contributed by atoms with Gasteiger partial charge >= 0.3 is 5.97 Å². The van der Waals surface area contributed by atoms with Gasteiger partial charge in [0.2, 0.25) is 5.91 Å². The van der Waals surface area contributed by atoms with Crippen molar-refractivity contribution in [3.8, 4) is 5.75 Å². The lowest BCUT2D eigenvalue weighted by molar-refractivity contribution is -0.113. The molecule has 2 unspecified atom stereocenters. The van der Waals surface area contributed by atoms with Crippen molar-refractivity contribution in [2.75, 3.05) is 18.2 Å². The van der Waals surface area contributed by atoms with Crippen molar-refractivity contribution < 1.29 is 19.1 Å². The Bertz CT molecular complexity index is 1280. The maximum Gasteiger partial charge on any atom is 0.341 e. The van der Waals surface area contributed by atoms with Crippen LogP contribution in [-0.2, 0) is 29.4 Å². The summed E-state index contributed by atoms with van der Waals surface area (Å²) in [5.74, 6) is 1.53. The Labute approximate surface area is 219 Å². The molecule has 36 heavy (non-hydrogen) atoms. The third-order valence-corrected chi connectivity index (χ3v) is 8.70. The number of methoxy groups -OCH3 is 1. The second kappa shape index (κ2) is 11.0. The molecule has 1 aliphatic rings. The summed E-state index contributed by atoms with van der Waals surface area (Å²) in [6, 6.07) is 5.98. The Balaban J connectivity index is 1.41. The minimum absolute atomic E-state index is 0.137. The van der Waals surface area contributed by atoms with E-state index >= 15 is 0 Å². The summed E-state index contributed by atoms with van der Waals surface area (Å²) in [4.78, 5) is 26.5. The van der Waals surface area contributed by atoms with Gasteiger partial charge in [0.25, 0.3) is 0 Å². The number of ether oxygens (including phenoxy) is 2. The fourth-order valence-corrected chi connectivity index (χ4v) is 6.43. The molecular formula is C26H32N4O4S2. The standard InChI is InChI=1S/C26H32N4O4S2/c1-14-7-10-19-20(11-14)36-24(22(19)25(32)33-6)27-21(31)13-35-26-29-28-23(30(26)5)17(4)34-18-9-8-15(2)16(3)12-18/h8-9,12,14,17H,7,10-11,13H2,1-6H3,(H,27,31). The van der Waals surface area contributed by atoms with Crippen LogP contribution in [0.25, 0.3) is 0 Å². The first-order valence-electron chi connectivity index (χ1n) is 12.0. The van der Waals surface area contributed by atoms with E-state index in [2.05, 4.69) is 36.3 Å². The molecule has 1 aliphatic carbocycles. The van der Waals surface area contributed by atoms with Gasteiger partial charge in [-0.05, 0) is 74.8 Å². The molecule has 0 saturated heterocycles. The molecule has 192 valence electrons. The normalized spacial score (nSPS) is 15.8. The predicted molar refractivity (Wildman–Crippen MR) is 142 cm³/mol. The molecule has 0 radical (unpaired) electrons. The Kier molecular flexibility index (Phi) is 8.04. The number of carbonyl (C=O) groups is 2. The highest BCUT2D eigenvalue weighted by Crippen LogP contribution is 2.40. The molecule has 1 amide bonds. The first-order chi connectivity index (χ1) is 17.2. The molecule has 0 saturated carbocycles. The number of amides is 1. The topological polar surface area (TPSA) is 95.3 Å². The number of aryl methyl sites for hydroxylation is 2. The highest BCUT2D eigenvalue weighted by atomic mass is 32.2. The van der Waals surface area contributed by atoms with Crippen molar-refractivity contribution in [2.45, 2.75) is 58.2 Å². The number of carbonyl (C=O) groups excluding carboxylic acids is 2. The molecule has 10 heteroatoms. The Hall–Kier alpha value is -2.85. The summed E-state index contributed by atoms with van der Waals surface area (Å²) >= 11 is 2.77. The van der Waals surface area contributed by atoms with Gasteiger partial charge in [0.15, 0.2) is 17.1 Å². The van der Waals surface area contributed by atoms with Crippen LogP contribution < -0.4 is 10.1 Å². The number of anilines is 1. The van der Waals surface area contributed by atoms with Gasteiger partial charge in [-0.15, -0.1) is 21.5 Å². The maximum atomic E-state index is 12.8. The lowest BCUT2D eigenvalue weighted by atomic mass is 9.88. The number of esters is 1. The molecular weight excluding hydrogens is 496 g/mol. The van der Waals surface area contributed by atoms with Crippen molar-refractivity contribution in [3.63, 3.8) is 0 Å². The van der Waals surface area contributed by atoms with Gasteiger partial charge in [0.1, 0.15) is 10.8 Å². The second-order valence-corrected chi connectivity index (χ2v) is 11.3. The van der Waals surface area contributed by atoms with E-state index in [1.165, 1.54) is 35.8 Å². The first-order valence-corrected chi connectivity index (χ1v) is 13.8. The first kappa shape index (κ1) is 26.2. The van der Waals surface area contributed by atoms with Crippen LogP contribution in [0, 0.1) is 19.8 Å². The number of thiophene rings is 1. The second-order valence-electron chi connectivity index (χ2n) is 9.29. The number of rotatable bonds is 8. The average molecular weight is 529 g/mol. The van der Waals surface area contributed by atoms with E-state index in [9.17, 15) is 9.59 Å². The van der Waals surface area contributed by atoms with E-state index in [0.29, 0.717) is 27.5 Å². The van der Waals surface area contributed by atoms with Crippen molar-refractivity contribution in [1.29, 1.82) is 0 Å². The Morgan fingerprint density at radius 3 is 2.78 bits per heavy atom. The zero-order chi connectivity index (χ0) is 26.0. The number of thioether (sulfide) groups is 1. The predicted octanol–water partition coefficient (Wildman–Crippen LogP) is 5.28. The average Bonchev–Trinajstić information content (AvgIpc) is 3.38. The van der Waals surface area contributed by atoms with E-state index in [-0.39, 0.29) is 17.8 Å². The van der Waals surface area contributed by atoms with Crippen LogP contribution >= 0.6 is 23.1 Å². The number of nitrogens with zero attached hydrogens (tertiary/aromatic N) is 3. The van der Waals surface area contributed by atoms with Gasteiger partial charge in [-0.3, -0.25) is 4.79 Å². The molecule has 0 aliphatic heterocycles.